The molecule has 5 heteroatoms. The van der Waals surface area contributed by atoms with E-state index in [2.05, 4.69) is 38.7 Å². The maximum atomic E-state index is 10.3. The summed E-state index contributed by atoms with van der Waals surface area (Å²) < 4.78 is 18.3. The minimum Gasteiger partial charge on any atom is -0.389 e. The van der Waals surface area contributed by atoms with Crippen molar-refractivity contribution in [1.29, 1.82) is 0 Å². The third-order valence-corrected chi connectivity index (χ3v) is 12.2. The molecular formula is C33H53NO4. The van der Waals surface area contributed by atoms with Crippen molar-refractivity contribution in [2.45, 2.75) is 109 Å². The highest BCUT2D eigenvalue weighted by Crippen LogP contribution is 2.64. The molecule has 5 nitrogen and oxygen atoms in total. The van der Waals surface area contributed by atoms with Crippen LogP contribution in [0.1, 0.15) is 85.5 Å². The summed E-state index contributed by atoms with van der Waals surface area (Å²) in [6, 6.07) is 0.510. The van der Waals surface area contributed by atoms with E-state index in [0.717, 1.165) is 56.7 Å². The predicted octanol–water partition coefficient (Wildman–Crippen LogP) is 5.77. The van der Waals surface area contributed by atoms with Crippen LogP contribution in [0.2, 0.25) is 0 Å². The number of aliphatic hydroxyl groups is 1. The van der Waals surface area contributed by atoms with Gasteiger partial charge in [0.1, 0.15) is 0 Å². The third-order valence-electron chi connectivity index (χ3n) is 12.2. The number of hydrogen-bond acceptors (Lipinski definition) is 5. The number of hydrogen-bond donors (Lipinski definition) is 1. The van der Waals surface area contributed by atoms with Gasteiger partial charge in [0.25, 0.3) is 0 Å². The number of piperidine rings is 1. The molecular weight excluding hydrogens is 474 g/mol. The Hall–Kier alpha value is -0.720. The van der Waals surface area contributed by atoms with Crippen molar-refractivity contribution in [2.75, 3.05) is 40.0 Å². The number of nitrogens with zero attached hydrogens (tertiary/aromatic N) is 1. The van der Waals surface area contributed by atoms with Crippen LogP contribution >= 0.6 is 0 Å². The average Bonchev–Trinajstić information content (AvgIpc) is 3.34. The van der Waals surface area contributed by atoms with E-state index in [1.54, 1.807) is 23.8 Å². The maximum absolute atomic E-state index is 10.3. The van der Waals surface area contributed by atoms with Gasteiger partial charge in [0.05, 0.1) is 37.6 Å². The molecule has 0 aromatic rings. The number of likely N-dealkylation sites (tertiary alicyclic amines) is 1. The Kier molecular flexibility index (Phi) is 7.65. The molecule has 2 saturated carbocycles. The molecule has 1 unspecified atom stereocenters. The molecule has 0 amide bonds. The average molecular weight is 528 g/mol. The molecule has 2 aliphatic heterocycles. The maximum Gasteiger partial charge on any atom is 0.0765 e. The summed E-state index contributed by atoms with van der Waals surface area (Å²) in [7, 11) is 1.74. The van der Waals surface area contributed by atoms with Crippen LogP contribution in [0.3, 0.4) is 0 Å². The summed E-state index contributed by atoms with van der Waals surface area (Å²) in [5, 5.41) is 10.3. The molecule has 1 N–H and O–H groups in total. The summed E-state index contributed by atoms with van der Waals surface area (Å²) >= 11 is 0. The van der Waals surface area contributed by atoms with Gasteiger partial charge in [0.15, 0.2) is 0 Å². The number of allylic oxidation sites excluding steroid dienone is 2. The van der Waals surface area contributed by atoms with E-state index >= 15 is 0 Å². The molecule has 6 aliphatic rings. The lowest BCUT2D eigenvalue weighted by molar-refractivity contribution is -0.0806. The smallest absolute Gasteiger partial charge is 0.0765 e. The van der Waals surface area contributed by atoms with Crippen molar-refractivity contribution < 1.29 is 19.3 Å². The van der Waals surface area contributed by atoms with Crippen LogP contribution in [-0.4, -0.2) is 73.9 Å². The molecule has 0 bridgehead atoms. The molecule has 2 saturated heterocycles. The molecule has 6 rings (SSSR count). The lowest BCUT2D eigenvalue weighted by atomic mass is 9.56. The van der Waals surface area contributed by atoms with Crippen molar-refractivity contribution in [3.63, 3.8) is 0 Å². The van der Waals surface area contributed by atoms with E-state index in [1.807, 2.05) is 0 Å². The molecule has 214 valence electrons. The summed E-state index contributed by atoms with van der Waals surface area (Å²) in [4.78, 5) is 2.71. The van der Waals surface area contributed by atoms with E-state index in [0.29, 0.717) is 42.6 Å². The van der Waals surface area contributed by atoms with Crippen LogP contribution in [0, 0.1) is 35.0 Å². The van der Waals surface area contributed by atoms with Crippen LogP contribution in [0.4, 0.5) is 0 Å². The third kappa shape index (κ3) is 4.57. The quantitative estimate of drug-likeness (QED) is 0.351. The van der Waals surface area contributed by atoms with Crippen LogP contribution < -0.4 is 0 Å². The van der Waals surface area contributed by atoms with Gasteiger partial charge in [-0.15, -0.1) is 0 Å². The number of aliphatic hydroxyl groups excluding tert-OH is 1. The molecule has 10 atom stereocenters. The fourth-order valence-corrected chi connectivity index (χ4v) is 10.3. The van der Waals surface area contributed by atoms with Crippen LogP contribution in [0.25, 0.3) is 0 Å². The number of ether oxygens (including phenoxy) is 3. The summed E-state index contributed by atoms with van der Waals surface area (Å²) in [6.45, 7) is 14.2. The Bertz CT molecular complexity index is 945. The van der Waals surface area contributed by atoms with E-state index < -0.39 is 0 Å². The number of methoxy groups -OCH3 is 1. The SMILES string of the molecule is COCCOCCN1C[C@@H](C)C[C@H]2OC3(CC[C@@H]4C(=C(C)C3)C[C@H]3[C@H]4CCC4=C[C@@H](O)CC[C@@]43C)[C@H](C)[C@@H]21. The molecule has 38 heavy (non-hydrogen) atoms. The van der Waals surface area contributed by atoms with Gasteiger partial charge < -0.3 is 19.3 Å². The van der Waals surface area contributed by atoms with Gasteiger partial charge in [-0.1, -0.05) is 43.6 Å². The van der Waals surface area contributed by atoms with Gasteiger partial charge in [-0.25, -0.2) is 0 Å². The minimum absolute atomic E-state index is 0.00987. The van der Waals surface area contributed by atoms with Crippen molar-refractivity contribution in [1.82, 2.24) is 4.90 Å². The topological polar surface area (TPSA) is 51.2 Å². The fraction of sp³-hybridized carbons (Fsp3) is 0.879. The van der Waals surface area contributed by atoms with Crippen LogP contribution in [-0.2, 0) is 14.2 Å². The lowest BCUT2D eigenvalue weighted by Crippen LogP contribution is -2.52. The number of fused-ring (bicyclic) bond motifs is 6. The van der Waals surface area contributed by atoms with Gasteiger partial charge in [-0.05, 0) is 93.8 Å². The highest BCUT2D eigenvalue weighted by molar-refractivity contribution is 5.33. The van der Waals surface area contributed by atoms with E-state index in [4.69, 9.17) is 14.2 Å². The first-order chi connectivity index (χ1) is 18.3. The zero-order valence-electron chi connectivity index (χ0n) is 24.7. The van der Waals surface area contributed by atoms with Crippen LogP contribution in [0.15, 0.2) is 22.8 Å². The zero-order chi connectivity index (χ0) is 26.7. The fourth-order valence-electron chi connectivity index (χ4n) is 10.3. The molecule has 0 aromatic heterocycles. The first kappa shape index (κ1) is 27.4. The van der Waals surface area contributed by atoms with E-state index in [1.165, 1.54) is 38.5 Å². The second-order valence-electron chi connectivity index (χ2n) is 14.3. The summed E-state index contributed by atoms with van der Waals surface area (Å²) in [5.74, 6) is 3.53. The second-order valence-corrected chi connectivity index (χ2v) is 14.3. The van der Waals surface area contributed by atoms with Crippen molar-refractivity contribution in [3.8, 4) is 0 Å². The Labute approximate surface area is 231 Å². The van der Waals surface area contributed by atoms with Gasteiger partial charge in [-0.2, -0.15) is 0 Å². The van der Waals surface area contributed by atoms with Crippen molar-refractivity contribution >= 4 is 0 Å². The predicted molar refractivity (Wildman–Crippen MR) is 151 cm³/mol. The first-order valence-electron chi connectivity index (χ1n) is 15.8. The Morgan fingerprint density at radius 2 is 1.97 bits per heavy atom. The first-order valence-corrected chi connectivity index (χ1v) is 15.8. The standard InChI is InChI=1S/C33H53NO4/c1-21-16-30-31(34(20-21)12-13-37-15-14-36-5)23(3)33(38-30)11-9-26-27-7-6-24-17-25(35)8-10-32(24,4)29(27)18-28(26)22(2)19-33/h17,21,23,25-27,29-31,35H,6-16,18-20H2,1-5H3/t21-,23+,25-,26-,27-,29-,30+,31-,32-,33?/m0/s1. The lowest BCUT2D eigenvalue weighted by Gasteiger charge is -2.49. The van der Waals surface area contributed by atoms with Gasteiger partial charge in [-0.3, -0.25) is 4.90 Å². The zero-order valence-corrected chi connectivity index (χ0v) is 24.7. The molecule has 0 radical (unpaired) electrons. The Morgan fingerprint density at radius 1 is 1.13 bits per heavy atom. The van der Waals surface area contributed by atoms with Crippen LogP contribution in [0.5, 0.6) is 0 Å². The minimum atomic E-state index is -0.217. The highest BCUT2D eigenvalue weighted by Gasteiger charge is 2.59. The largest absolute Gasteiger partial charge is 0.389 e. The normalized spacial score (nSPS) is 46.8. The summed E-state index contributed by atoms with van der Waals surface area (Å²) in [5.41, 5.74) is 5.31. The highest BCUT2D eigenvalue weighted by atomic mass is 16.5. The van der Waals surface area contributed by atoms with E-state index in [9.17, 15) is 5.11 Å². The molecule has 4 fully saturated rings. The monoisotopic (exact) mass is 527 g/mol. The Balaban J connectivity index is 1.20. The van der Waals surface area contributed by atoms with Crippen molar-refractivity contribution in [2.24, 2.45) is 35.0 Å². The van der Waals surface area contributed by atoms with E-state index in [-0.39, 0.29) is 11.7 Å². The molecule has 4 aliphatic carbocycles. The second kappa shape index (κ2) is 10.6. The van der Waals surface area contributed by atoms with Crippen molar-refractivity contribution in [3.05, 3.63) is 22.8 Å². The van der Waals surface area contributed by atoms with Gasteiger partial charge >= 0.3 is 0 Å². The van der Waals surface area contributed by atoms with Gasteiger partial charge in [0, 0.05) is 32.2 Å². The molecule has 0 aromatic carbocycles. The summed E-state index contributed by atoms with van der Waals surface area (Å²) in [6.07, 6.45) is 13.1. The Morgan fingerprint density at radius 3 is 2.79 bits per heavy atom. The molecule has 1 spiro atoms. The number of rotatable bonds is 6. The van der Waals surface area contributed by atoms with Gasteiger partial charge in [0.2, 0.25) is 0 Å². The molecule has 2 heterocycles.